The molecule has 0 bridgehead atoms. The van der Waals surface area contributed by atoms with Crippen molar-refractivity contribution in [1.82, 2.24) is 10.7 Å². The van der Waals surface area contributed by atoms with Gasteiger partial charge in [-0.15, -0.1) is 0 Å². The fourth-order valence-electron chi connectivity index (χ4n) is 0.888. The van der Waals surface area contributed by atoms with E-state index in [2.05, 4.69) is 38.4 Å². The predicted octanol–water partition coefficient (Wildman–Crippen LogP) is 1.46. The average Bonchev–Trinajstić information content (AvgIpc) is 1.79. The van der Waals surface area contributed by atoms with Crippen molar-refractivity contribution in [3.05, 3.63) is 4.91 Å². The van der Waals surface area contributed by atoms with Crippen LogP contribution in [0.3, 0.4) is 0 Å². The number of hydrogen-bond donors (Lipinski definition) is 3. The summed E-state index contributed by atoms with van der Waals surface area (Å²) in [4.78, 5) is 9.62. The average molecular weight is 206 g/mol. The van der Waals surface area contributed by atoms with Crippen molar-refractivity contribution in [2.24, 2.45) is 0 Å². The van der Waals surface area contributed by atoms with Gasteiger partial charge in [0.2, 0.25) is 0 Å². The lowest BCUT2D eigenvalue weighted by Gasteiger charge is -2.10. The highest BCUT2D eigenvalue weighted by Gasteiger charge is 2.01. The molecule has 0 rings (SSSR count). The summed E-state index contributed by atoms with van der Waals surface area (Å²) in [6.07, 6.45) is 0. The van der Waals surface area contributed by atoms with E-state index in [0.717, 1.165) is 0 Å². The molecule has 0 radical (unpaired) electrons. The Kier molecular flexibility index (Phi) is 9.76. The van der Waals surface area contributed by atoms with Crippen LogP contribution in [0, 0.1) is 4.91 Å². The highest BCUT2D eigenvalue weighted by Crippen LogP contribution is 1.80. The maximum atomic E-state index is 9.62. The first-order chi connectivity index (χ1) is 6.25. The monoisotopic (exact) mass is 206 g/mol. The first-order valence-corrected chi connectivity index (χ1v) is 4.94. The molecule has 0 aromatic carbocycles. The van der Waals surface area contributed by atoms with E-state index in [1.807, 2.05) is 0 Å². The van der Waals surface area contributed by atoms with Crippen LogP contribution in [0.25, 0.3) is 0 Å². The van der Waals surface area contributed by atoms with E-state index in [4.69, 9.17) is 5.21 Å². The van der Waals surface area contributed by atoms with E-state index in [1.54, 1.807) is 13.8 Å². The van der Waals surface area contributed by atoms with Crippen LogP contribution < -0.4 is 10.7 Å². The summed E-state index contributed by atoms with van der Waals surface area (Å²) in [5.74, 6) is 0. The summed E-state index contributed by atoms with van der Waals surface area (Å²) in [7, 11) is 0. The van der Waals surface area contributed by atoms with Gasteiger partial charge in [0, 0.05) is 12.1 Å². The van der Waals surface area contributed by atoms with Crippen molar-refractivity contribution in [3.8, 4) is 0 Å². The van der Waals surface area contributed by atoms with Gasteiger partial charge in [-0.25, -0.2) is 5.21 Å². The minimum Gasteiger partial charge on any atom is -0.312 e. The van der Waals surface area contributed by atoms with Gasteiger partial charge < -0.3 is 5.32 Å². The maximum absolute atomic E-state index is 9.62. The molecule has 0 amide bonds. The van der Waals surface area contributed by atoms with Crippen molar-refractivity contribution >= 4 is 0 Å². The molecular weight excluding hydrogens is 182 g/mol. The van der Waals surface area contributed by atoms with Gasteiger partial charge in [-0.2, -0.15) is 0 Å². The SMILES string of the molecule is CC(C)NC(C)C.CC(C)N[N+](=O)O. The summed E-state index contributed by atoms with van der Waals surface area (Å²) < 4.78 is 0. The van der Waals surface area contributed by atoms with Gasteiger partial charge in [-0.1, -0.05) is 33.1 Å². The number of nitrogens with one attached hydrogen (secondary N) is 2. The van der Waals surface area contributed by atoms with Gasteiger partial charge in [0.1, 0.15) is 4.91 Å². The maximum Gasteiger partial charge on any atom is 0.354 e. The predicted molar refractivity (Wildman–Crippen MR) is 57.1 cm³/mol. The smallest absolute Gasteiger partial charge is 0.312 e. The lowest BCUT2D eigenvalue weighted by Crippen LogP contribution is -2.30. The van der Waals surface area contributed by atoms with Crippen LogP contribution in [0.1, 0.15) is 41.5 Å². The Morgan fingerprint density at radius 2 is 1.29 bits per heavy atom. The Morgan fingerprint density at radius 3 is 1.29 bits per heavy atom. The summed E-state index contributed by atoms with van der Waals surface area (Å²) in [6.45, 7) is 12.1. The third kappa shape index (κ3) is 22.5. The van der Waals surface area contributed by atoms with Gasteiger partial charge in [0.15, 0.2) is 0 Å². The fraction of sp³-hybridized carbons (Fsp3) is 1.00. The lowest BCUT2D eigenvalue weighted by molar-refractivity contribution is -0.835. The van der Waals surface area contributed by atoms with Crippen LogP contribution >= 0.6 is 0 Å². The van der Waals surface area contributed by atoms with Crippen LogP contribution in [-0.2, 0) is 0 Å². The second kappa shape index (κ2) is 8.74. The lowest BCUT2D eigenvalue weighted by atomic mass is 10.3. The van der Waals surface area contributed by atoms with Crippen molar-refractivity contribution < 1.29 is 10.2 Å². The number of hydrazine groups is 1. The quantitative estimate of drug-likeness (QED) is 0.609. The van der Waals surface area contributed by atoms with E-state index in [1.165, 1.54) is 0 Å². The number of nitrogens with zero attached hydrogens (tertiary/aromatic N) is 1. The van der Waals surface area contributed by atoms with Crippen LogP contribution in [0.2, 0.25) is 0 Å². The highest BCUT2D eigenvalue weighted by atomic mass is 16.7. The molecule has 0 aliphatic heterocycles. The van der Waals surface area contributed by atoms with Crippen molar-refractivity contribution in [2.75, 3.05) is 0 Å². The molecule has 0 aliphatic carbocycles. The Labute approximate surface area is 86.4 Å². The summed E-state index contributed by atoms with van der Waals surface area (Å²) in [5, 5.41) is 10.9. The molecule has 0 saturated heterocycles. The van der Waals surface area contributed by atoms with E-state index >= 15 is 0 Å². The van der Waals surface area contributed by atoms with Gasteiger partial charge in [-0.05, 0) is 13.8 Å². The topological polar surface area (TPSA) is 64.4 Å². The molecule has 86 valence electrons. The molecule has 0 heterocycles. The molecule has 0 aromatic heterocycles. The first kappa shape index (κ1) is 15.6. The third-order valence-corrected chi connectivity index (χ3v) is 1.04. The normalized spacial score (nSPS) is 10.1. The summed E-state index contributed by atoms with van der Waals surface area (Å²) in [5.41, 5.74) is 2.14. The Bertz CT molecular complexity index is 141. The molecule has 0 aromatic rings. The van der Waals surface area contributed by atoms with Crippen LogP contribution in [0.4, 0.5) is 0 Å². The van der Waals surface area contributed by atoms with Crippen LogP contribution in [0.5, 0.6) is 0 Å². The van der Waals surface area contributed by atoms with E-state index in [9.17, 15) is 4.91 Å². The largest absolute Gasteiger partial charge is 0.354 e. The second-order valence-electron chi connectivity index (χ2n) is 4.03. The molecule has 0 unspecified atom stereocenters. The van der Waals surface area contributed by atoms with Crippen molar-refractivity contribution in [2.45, 2.75) is 59.7 Å². The van der Waals surface area contributed by atoms with Gasteiger partial charge in [0.25, 0.3) is 0 Å². The number of rotatable bonds is 4. The summed E-state index contributed by atoms with van der Waals surface area (Å²) >= 11 is 0. The third-order valence-electron chi connectivity index (χ3n) is 1.04. The van der Waals surface area contributed by atoms with Gasteiger partial charge >= 0.3 is 5.03 Å². The molecule has 0 spiro atoms. The summed E-state index contributed by atoms with van der Waals surface area (Å²) in [6, 6.07) is 1.24. The Morgan fingerprint density at radius 1 is 0.929 bits per heavy atom. The van der Waals surface area contributed by atoms with Crippen molar-refractivity contribution in [3.63, 3.8) is 0 Å². The number of hydrogen-bond acceptors (Lipinski definition) is 2. The van der Waals surface area contributed by atoms with E-state index < -0.39 is 0 Å². The molecule has 5 nitrogen and oxygen atoms in total. The Balaban J connectivity index is 0. The van der Waals surface area contributed by atoms with Crippen LogP contribution in [-0.4, -0.2) is 28.4 Å². The second-order valence-corrected chi connectivity index (χ2v) is 4.03. The van der Waals surface area contributed by atoms with Gasteiger partial charge in [0.05, 0.1) is 6.04 Å². The molecule has 0 saturated carbocycles. The first-order valence-electron chi connectivity index (χ1n) is 4.94. The molecular formula is C9H24N3O2+. The van der Waals surface area contributed by atoms with Crippen LogP contribution in [0.15, 0.2) is 0 Å². The minimum absolute atomic E-state index is 0.0116. The minimum atomic E-state index is -0.301. The standard InChI is InChI=1S/C6H15N.C3H9N2O2/c1-5(2)7-6(3)4;1-3(2)4-5(6)7/h5-7H,1-4H3;3-4H,1-2H3,(H,6,7)/q;+1. The molecule has 0 atom stereocenters. The molecule has 0 fully saturated rings. The zero-order valence-electron chi connectivity index (χ0n) is 10.0. The fourth-order valence-corrected chi connectivity index (χ4v) is 0.888. The zero-order chi connectivity index (χ0) is 11.7. The van der Waals surface area contributed by atoms with Gasteiger partial charge in [-0.3, -0.25) is 0 Å². The molecule has 14 heavy (non-hydrogen) atoms. The molecule has 5 heteroatoms. The Hall–Kier alpha value is -0.840. The van der Waals surface area contributed by atoms with Crippen molar-refractivity contribution in [1.29, 1.82) is 0 Å². The van der Waals surface area contributed by atoms with E-state index in [-0.39, 0.29) is 11.1 Å². The molecule has 0 aliphatic rings. The zero-order valence-corrected chi connectivity index (χ0v) is 10.0. The molecule has 3 N–H and O–H groups in total. The highest BCUT2D eigenvalue weighted by molar-refractivity contribution is 4.55. The van der Waals surface area contributed by atoms with E-state index in [0.29, 0.717) is 12.1 Å².